The number of hydrogen-bond acceptors (Lipinski definition) is 5. The Morgan fingerprint density at radius 3 is 2.44 bits per heavy atom. The van der Waals surface area contributed by atoms with Crippen LogP contribution in [0.2, 0.25) is 10.0 Å². The molecular weight excluding hydrogens is 600 g/mol. The molecule has 0 aliphatic carbocycles. The van der Waals surface area contributed by atoms with Crippen molar-refractivity contribution in [1.29, 1.82) is 0 Å². The smallest absolute Gasteiger partial charge is 0.290 e. The molecule has 4 rings (SSSR count). The van der Waals surface area contributed by atoms with Gasteiger partial charge in [0.05, 0.1) is 11.1 Å². The lowest BCUT2D eigenvalue weighted by molar-refractivity contribution is -0.141. The van der Waals surface area contributed by atoms with Crippen LogP contribution in [-0.4, -0.2) is 58.6 Å². The van der Waals surface area contributed by atoms with Crippen LogP contribution >= 0.6 is 23.2 Å². The summed E-state index contributed by atoms with van der Waals surface area (Å²) in [6.07, 6.45) is 0.173. The number of carbonyl (C=O) groups is 5. The van der Waals surface area contributed by atoms with Crippen molar-refractivity contribution in [3.8, 4) is 0 Å². The van der Waals surface area contributed by atoms with Gasteiger partial charge in [0, 0.05) is 40.3 Å². The first-order valence-corrected chi connectivity index (χ1v) is 14.4. The number of Topliss-reactive ketones (excluding diaryl/α,β-unsaturated/α-hetero) is 1. The van der Waals surface area contributed by atoms with Gasteiger partial charge in [0.25, 0.3) is 11.8 Å². The van der Waals surface area contributed by atoms with Crippen molar-refractivity contribution in [3.05, 3.63) is 69.6 Å². The zero-order valence-electron chi connectivity index (χ0n) is 23.8. The molecule has 1 aliphatic heterocycles. The topological polar surface area (TPSA) is 149 Å². The van der Waals surface area contributed by atoms with Gasteiger partial charge in [-0.2, -0.15) is 0 Å². The minimum Gasteiger partial charge on any atom is -0.356 e. The van der Waals surface area contributed by atoms with Crippen molar-refractivity contribution >= 4 is 63.5 Å². The van der Waals surface area contributed by atoms with E-state index in [1.807, 2.05) is 0 Å². The molecule has 1 saturated heterocycles. The monoisotopic (exact) mass is 631 g/mol. The van der Waals surface area contributed by atoms with Crippen LogP contribution in [-0.2, 0) is 25.6 Å². The highest BCUT2D eigenvalue weighted by molar-refractivity contribution is 6.39. The number of halogens is 3. The standard InChI is InChI=1S/C30H32Cl2FN5O5/c1-30(2,3)38-29(43)25(39)22(11-16-7-8-34-26(16)40)36-27(41)23(10-15-5-4-6-18(33)9-15)37-28(42)24-14-19-20(32)12-17(31)13-21(19)35-24/h4-6,9,12-14,16,22-23,35H,7-8,10-11H2,1-3H3,(H,34,40)(H,36,41)(H,37,42)(H,38,43)/t16-,22?,23-/m0/s1. The number of amides is 4. The van der Waals surface area contributed by atoms with Crippen LogP contribution in [0.5, 0.6) is 0 Å². The average Bonchev–Trinajstić information content (AvgIpc) is 3.52. The third-order valence-electron chi connectivity index (χ3n) is 6.88. The third kappa shape index (κ3) is 8.32. The van der Waals surface area contributed by atoms with Crippen LogP contribution in [0.3, 0.4) is 0 Å². The van der Waals surface area contributed by atoms with Gasteiger partial charge in [-0.05, 0) is 69.5 Å². The first kappa shape index (κ1) is 32.0. The highest BCUT2D eigenvalue weighted by Crippen LogP contribution is 2.28. The summed E-state index contributed by atoms with van der Waals surface area (Å²) >= 11 is 12.3. The Kier molecular flexibility index (Phi) is 9.76. The van der Waals surface area contributed by atoms with Gasteiger partial charge in [-0.25, -0.2) is 4.39 Å². The number of ketones is 1. The molecule has 1 fully saturated rings. The van der Waals surface area contributed by atoms with E-state index in [-0.39, 0.29) is 24.4 Å². The Morgan fingerprint density at radius 2 is 1.79 bits per heavy atom. The Bertz CT molecular complexity index is 1580. The van der Waals surface area contributed by atoms with Gasteiger partial charge >= 0.3 is 0 Å². The zero-order chi connectivity index (χ0) is 31.5. The summed E-state index contributed by atoms with van der Waals surface area (Å²) in [4.78, 5) is 68.3. The van der Waals surface area contributed by atoms with E-state index < -0.39 is 52.9 Å². The van der Waals surface area contributed by atoms with Crippen molar-refractivity contribution in [2.45, 2.75) is 57.7 Å². The van der Waals surface area contributed by atoms with Crippen LogP contribution in [0.1, 0.15) is 49.7 Å². The van der Waals surface area contributed by atoms with Crippen molar-refractivity contribution in [2.24, 2.45) is 5.92 Å². The van der Waals surface area contributed by atoms with E-state index in [9.17, 15) is 28.4 Å². The van der Waals surface area contributed by atoms with Crippen molar-refractivity contribution < 1.29 is 28.4 Å². The van der Waals surface area contributed by atoms with Gasteiger partial charge in [-0.15, -0.1) is 0 Å². The van der Waals surface area contributed by atoms with Crippen LogP contribution < -0.4 is 21.3 Å². The van der Waals surface area contributed by atoms with E-state index in [1.165, 1.54) is 30.3 Å². The number of aromatic nitrogens is 1. The molecule has 43 heavy (non-hydrogen) atoms. The number of hydrogen-bond donors (Lipinski definition) is 5. The molecule has 1 unspecified atom stereocenters. The van der Waals surface area contributed by atoms with E-state index in [2.05, 4.69) is 26.3 Å². The number of carbonyl (C=O) groups excluding carboxylic acids is 5. The maximum atomic E-state index is 14.0. The number of fused-ring (bicyclic) bond motifs is 1. The number of benzene rings is 2. The molecule has 0 saturated carbocycles. The van der Waals surface area contributed by atoms with E-state index in [1.54, 1.807) is 32.9 Å². The molecule has 1 aromatic heterocycles. The van der Waals surface area contributed by atoms with Crippen LogP contribution in [0.25, 0.3) is 10.9 Å². The fourth-order valence-electron chi connectivity index (χ4n) is 4.85. The minimum atomic E-state index is -1.36. The quantitative estimate of drug-likeness (QED) is 0.217. The maximum absolute atomic E-state index is 14.0. The van der Waals surface area contributed by atoms with Crippen molar-refractivity contribution in [2.75, 3.05) is 6.54 Å². The lowest BCUT2D eigenvalue weighted by Crippen LogP contribution is -2.56. The lowest BCUT2D eigenvalue weighted by Gasteiger charge is -2.26. The number of aromatic amines is 1. The maximum Gasteiger partial charge on any atom is 0.290 e. The Labute approximate surface area is 257 Å². The van der Waals surface area contributed by atoms with Gasteiger partial charge in [-0.3, -0.25) is 24.0 Å². The number of rotatable bonds is 10. The van der Waals surface area contributed by atoms with Crippen molar-refractivity contribution in [3.63, 3.8) is 0 Å². The molecular formula is C30H32Cl2FN5O5. The fourth-order valence-corrected chi connectivity index (χ4v) is 5.39. The summed E-state index contributed by atoms with van der Waals surface area (Å²) in [5.41, 5.74) is 0.248. The molecule has 5 N–H and O–H groups in total. The summed E-state index contributed by atoms with van der Waals surface area (Å²) in [5, 5.41) is 11.7. The van der Waals surface area contributed by atoms with Gasteiger partial charge in [0.2, 0.25) is 17.6 Å². The minimum absolute atomic E-state index is 0.0796. The third-order valence-corrected chi connectivity index (χ3v) is 7.41. The van der Waals surface area contributed by atoms with E-state index in [4.69, 9.17) is 23.2 Å². The molecule has 228 valence electrons. The molecule has 0 bridgehead atoms. The SMILES string of the molecule is CC(C)(C)NC(=O)C(=O)C(C[C@@H]1CCNC1=O)NC(=O)[C@H](Cc1cccc(F)c1)NC(=O)c1cc2c(Cl)cc(Cl)cc2[nH]1. The number of nitrogens with one attached hydrogen (secondary N) is 5. The molecule has 1 aliphatic rings. The van der Waals surface area contributed by atoms with E-state index >= 15 is 0 Å². The highest BCUT2D eigenvalue weighted by Gasteiger charge is 2.36. The molecule has 10 nitrogen and oxygen atoms in total. The first-order chi connectivity index (χ1) is 20.2. The summed E-state index contributed by atoms with van der Waals surface area (Å²) in [7, 11) is 0. The molecule has 4 amide bonds. The highest BCUT2D eigenvalue weighted by atomic mass is 35.5. The number of H-pyrrole nitrogens is 1. The second-order valence-electron chi connectivity index (χ2n) is 11.5. The Balaban J connectivity index is 1.61. The van der Waals surface area contributed by atoms with Crippen molar-refractivity contribution in [1.82, 2.24) is 26.3 Å². The molecule has 3 aromatic rings. The molecule has 0 spiro atoms. The summed E-state index contributed by atoms with van der Waals surface area (Å²) in [6.45, 7) is 5.51. The molecule has 2 aromatic carbocycles. The van der Waals surface area contributed by atoms with Crippen LogP contribution in [0.4, 0.5) is 4.39 Å². The van der Waals surface area contributed by atoms with E-state index in [0.717, 1.165) is 0 Å². The van der Waals surface area contributed by atoms with Crippen LogP contribution in [0, 0.1) is 11.7 Å². The Hall–Kier alpha value is -3.96. The van der Waals surface area contributed by atoms with Gasteiger partial charge in [0.15, 0.2) is 0 Å². The van der Waals surface area contributed by atoms with E-state index in [0.29, 0.717) is 39.5 Å². The molecule has 0 radical (unpaired) electrons. The normalized spacial score (nSPS) is 16.3. The Morgan fingerprint density at radius 1 is 1.05 bits per heavy atom. The molecule has 13 heteroatoms. The first-order valence-electron chi connectivity index (χ1n) is 13.7. The second kappa shape index (κ2) is 13.1. The zero-order valence-corrected chi connectivity index (χ0v) is 25.3. The lowest BCUT2D eigenvalue weighted by atomic mass is 9.94. The summed E-state index contributed by atoms with van der Waals surface area (Å²) in [6, 6.07) is 7.48. The van der Waals surface area contributed by atoms with Gasteiger partial charge in [0.1, 0.15) is 17.6 Å². The summed E-state index contributed by atoms with van der Waals surface area (Å²) in [5.74, 6) is -4.75. The predicted octanol–water partition coefficient (Wildman–Crippen LogP) is 3.45. The molecule has 3 atom stereocenters. The summed E-state index contributed by atoms with van der Waals surface area (Å²) < 4.78 is 14.0. The van der Waals surface area contributed by atoms with Gasteiger partial charge < -0.3 is 26.3 Å². The average molecular weight is 633 g/mol. The largest absolute Gasteiger partial charge is 0.356 e. The van der Waals surface area contributed by atoms with Crippen LogP contribution in [0.15, 0.2) is 42.5 Å². The fraction of sp³-hybridized carbons (Fsp3) is 0.367. The second-order valence-corrected chi connectivity index (χ2v) is 12.4. The van der Waals surface area contributed by atoms with Gasteiger partial charge in [-0.1, -0.05) is 35.3 Å². The predicted molar refractivity (Wildman–Crippen MR) is 160 cm³/mol. The molecule has 2 heterocycles.